The first kappa shape index (κ1) is 15.1. The van der Waals surface area contributed by atoms with E-state index in [0.717, 1.165) is 0 Å². The summed E-state index contributed by atoms with van der Waals surface area (Å²) in [6.07, 6.45) is 0.187. The van der Waals surface area contributed by atoms with Crippen LogP contribution in [0.4, 0.5) is 4.39 Å². The zero-order valence-electron chi connectivity index (χ0n) is 9.65. The summed E-state index contributed by atoms with van der Waals surface area (Å²) in [5.74, 6) is -0.495. The molecule has 0 bridgehead atoms. The SMILES string of the molecule is CCC(C#N)S(=O)(=O)NCc1cc(Br)ccc1F. The molecule has 98 valence electrons. The Balaban J connectivity index is 2.83. The molecule has 0 amide bonds. The van der Waals surface area contributed by atoms with Gasteiger partial charge in [0.15, 0.2) is 5.25 Å². The van der Waals surface area contributed by atoms with Gasteiger partial charge in [0.1, 0.15) is 5.82 Å². The second-order valence-electron chi connectivity index (χ2n) is 3.63. The summed E-state index contributed by atoms with van der Waals surface area (Å²) in [6.45, 7) is 1.43. The van der Waals surface area contributed by atoms with E-state index in [1.54, 1.807) is 13.0 Å². The Morgan fingerprint density at radius 3 is 2.78 bits per heavy atom. The summed E-state index contributed by atoms with van der Waals surface area (Å²) in [5.41, 5.74) is 0.223. The van der Waals surface area contributed by atoms with Crippen LogP contribution < -0.4 is 4.72 Å². The quantitative estimate of drug-likeness (QED) is 0.898. The van der Waals surface area contributed by atoms with Crippen molar-refractivity contribution in [3.8, 4) is 6.07 Å². The van der Waals surface area contributed by atoms with Crippen LogP contribution >= 0.6 is 15.9 Å². The van der Waals surface area contributed by atoms with Crippen molar-refractivity contribution in [1.29, 1.82) is 5.26 Å². The zero-order chi connectivity index (χ0) is 13.8. The summed E-state index contributed by atoms with van der Waals surface area (Å²) in [5, 5.41) is 7.59. The van der Waals surface area contributed by atoms with Crippen LogP contribution in [0.25, 0.3) is 0 Å². The highest BCUT2D eigenvalue weighted by Gasteiger charge is 2.23. The number of nitrogens with one attached hydrogen (secondary N) is 1. The molecule has 0 spiro atoms. The minimum Gasteiger partial charge on any atom is -0.211 e. The van der Waals surface area contributed by atoms with Crippen molar-refractivity contribution in [3.05, 3.63) is 34.1 Å². The lowest BCUT2D eigenvalue weighted by Gasteiger charge is -2.10. The van der Waals surface area contributed by atoms with Gasteiger partial charge in [-0.05, 0) is 24.6 Å². The molecule has 4 nitrogen and oxygen atoms in total. The van der Waals surface area contributed by atoms with Gasteiger partial charge in [-0.15, -0.1) is 0 Å². The summed E-state index contributed by atoms with van der Waals surface area (Å²) in [6, 6.07) is 5.96. The number of sulfonamides is 1. The molecule has 1 unspecified atom stereocenters. The number of nitriles is 1. The number of hydrogen-bond acceptors (Lipinski definition) is 3. The molecule has 0 radical (unpaired) electrons. The third kappa shape index (κ3) is 3.77. The summed E-state index contributed by atoms with van der Waals surface area (Å²) in [4.78, 5) is 0. The van der Waals surface area contributed by atoms with Gasteiger partial charge in [0, 0.05) is 16.6 Å². The van der Waals surface area contributed by atoms with Crippen molar-refractivity contribution in [2.24, 2.45) is 0 Å². The molecule has 7 heteroatoms. The molecule has 0 heterocycles. The van der Waals surface area contributed by atoms with E-state index in [0.29, 0.717) is 4.47 Å². The number of rotatable bonds is 5. The number of halogens is 2. The standard InChI is InChI=1S/C11H12BrFN2O2S/c1-2-10(6-14)18(16,17)15-7-8-5-9(12)3-4-11(8)13/h3-5,10,15H,2,7H2,1H3. The average molecular weight is 335 g/mol. The molecule has 1 rings (SSSR count). The van der Waals surface area contributed by atoms with E-state index in [1.165, 1.54) is 18.2 Å². The summed E-state index contributed by atoms with van der Waals surface area (Å²) >= 11 is 3.18. The smallest absolute Gasteiger partial charge is 0.211 e. The molecule has 0 saturated carbocycles. The van der Waals surface area contributed by atoms with Gasteiger partial charge in [0.2, 0.25) is 10.0 Å². The predicted molar refractivity (Wildman–Crippen MR) is 69.6 cm³/mol. The van der Waals surface area contributed by atoms with Crippen LogP contribution in [0.2, 0.25) is 0 Å². The lowest BCUT2D eigenvalue weighted by Crippen LogP contribution is -2.32. The topological polar surface area (TPSA) is 70.0 Å². The largest absolute Gasteiger partial charge is 0.228 e. The molecule has 1 atom stereocenters. The molecule has 0 saturated heterocycles. The van der Waals surface area contributed by atoms with E-state index in [9.17, 15) is 12.8 Å². The van der Waals surface area contributed by atoms with Gasteiger partial charge in [-0.1, -0.05) is 22.9 Å². The first-order valence-electron chi connectivity index (χ1n) is 5.22. The minimum absolute atomic E-state index is 0.175. The van der Waals surface area contributed by atoms with E-state index in [2.05, 4.69) is 20.7 Å². The zero-order valence-corrected chi connectivity index (χ0v) is 12.1. The molecule has 1 N–H and O–H groups in total. The van der Waals surface area contributed by atoms with Gasteiger partial charge >= 0.3 is 0 Å². The second-order valence-corrected chi connectivity index (χ2v) is 6.49. The molecule has 1 aromatic rings. The first-order chi connectivity index (χ1) is 8.40. The van der Waals surface area contributed by atoms with Crippen molar-refractivity contribution >= 4 is 26.0 Å². The van der Waals surface area contributed by atoms with Gasteiger partial charge in [-0.2, -0.15) is 5.26 Å². The Morgan fingerprint density at radius 1 is 1.56 bits per heavy atom. The van der Waals surface area contributed by atoms with Crippen LogP contribution in [0.1, 0.15) is 18.9 Å². The highest BCUT2D eigenvalue weighted by Crippen LogP contribution is 2.16. The van der Waals surface area contributed by atoms with E-state index in [4.69, 9.17) is 5.26 Å². The van der Waals surface area contributed by atoms with Gasteiger partial charge in [-0.3, -0.25) is 0 Å². The normalized spacial score (nSPS) is 13.0. The van der Waals surface area contributed by atoms with E-state index in [-0.39, 0.29) is 18.5 Å². The van der Waals surface area contributed by atoms with Crippen LogP contribution in [0.3, 0.4) is 0 Å². The third-order valence-corrected chi connectivity index (χ3v) is 4.59. The van der Waals surface area contributed by atoms with Gasteiger partial charge in [-0.25, -0.2) is 17.5 Å². The van der Waals surface area contributed by atoms with Crippen molar-refractivity contribution in [1.82, 2.24) is 4.72 Å². The predicted octanol–water partition coefficient (Wildman–Crippen LogP) is 2.31. The highest BCUT2D eigenvalue weighted by molar-refractivity contribution is 9.10. The molecule has 1 aromatic carbocycles. The van der Waals surface area contributed by atoms with Crippen molar-refractivity contribution < 1.29 is 12.8 Å². The molecule has 0 aliphatic carbocycles. The van der Waals surface area contributed by atoms with Crippen LogP contribution in [0.15, 0.2) is 22.7 Å². The van der Waals surface area contributed by atoms with Gasteiger partial charge < -0.3 is 0 Å². The molecular formula is C11H12BrFN2O2S. The highest BCUT2D eigenvalue weighted by atomic mass is 79.9. The van der Waals surface area contributed by atoms with Crippen LogP contribution in [0, 0.1) is 17.1 Å². The van der Waals surface area contributed by atoms with Gasteiger partial charge in [0.05, 0.1) is 6.07 Å². The van der Waals surface area contributed by atoms with E-state index >= 15 is 0 Å². The Hall–Kier alpha value is -0.970. The lowest BCUT2D eigenvalue weighted by atomic mass is 10.2. The summed E-state index contributed by atoms with van der Waals surface area (Å²) in [7, 11) is -3.74. The van der Waals surface area contributed by atoms with Crippen LogP contribution in [-0.4, -0.2) is 13.7 Å². The Kier molecular flexibility index (Phi) is 5.26. The fourth-order valence-electron chi connectivity index (χ4n) is 1.34. The number of benzene rings is 1. The Morgan fingerprint density at radius 2 is 2.22 bits per heavy atom. The van der Waals surface area contributed by atoms with Crippen molar-refractivity contribution in [2.45, 2.75) is 25.1 Å². The first-order valence-corrected chi connectivity index (χ1v) is 7.56. The molecule has 0 fully saturated rings. The lowest BCUT2D eigenvalue weighted by molar-refractivity contribution is 0.566. The Bertz CT molecular complexity index is 569. The maximum atomic E-state index is 13.4. The van der Waals surface area contributed by atoms with E-state index < -0.39 is 21.1 Å². The van der Waals surface area contributed by atoms with Crippen molar-refractivity contribution in [2.75, 3.05) is 0 Å². The monoisotopic (exact) mass is 334 g/mol. The molecule has 0 aliphatic heterocycles. The summed E-state index contributed by atoms with van der Waals surface area (Å²) < 4.78 is 39.7. The van der Waals surface area contributed by atoms with Crippen LogP contribution in [-0.2, 0) is 16.6 Å². The fourth-order valence-corrected chi connectivity index (χ4v) is 2.88. The van der Waals surface area contributed by atoms with Gasteiger partial charge in [0.25, 0.3) is 0 Å². The number of hydrogen-bond donors (Lipinski definition) is 1. The maximum absolute atomic E-state index is 13.4. The molecule has 0 aromatic heterocycles. The average Bonchev–Trinajstić information content (AvgIpc) is 2.31. The second kappa shape index (κ2) is 6.27. The molecule has 18 heavy (non-hydrogen) atoms. The molecular weight excluding hydrogens is 323 g/mol. The Labute approximate surface area is 114 Å². The molecule has 0 aliphatic rings. The maximum Gasteiger partial charge on any atom is 0.228 e. The fraction of sp³-hybridized carbons (Fsp3) is 0.364. The van der Waals surface area contributed by atoms with Crippen molar-refractivity contribution in [3.63, 3.8) is 0 Å². The van der Waals surface area contributed by atoms with Crippen LogP contribution in [0.5, 0.6) is 0 Å². The third-order valence-electron chi connectivity index (χ3n) is 2.36. The number of nitrogens with zero attached hydrogens (tertiary/aromatic N) is 1. The minimum atomic E-state index is -3.74. The van der Waals surface area contributed by atoms with E-state index in [1.807, 2.05) is 0 Å².